The second kappa shape index (κ2) is 4.23. The van der Waals surface area contributed by atoms with E-state index >= 15 is 0 Å². The summed E-state index contributed by atoms with van der Waals surface area (Å²) in [5.74, 6) is 0.799. The van der Waals surface area contributed by atoms with Gasteiger partial charge in [-0.15, -0.1) is 0 Å². The van der Waals surface area contributed by atoms with Crippen molar-refractivity contribution in [1.29, 1.82) is 0 Å². The number of nitrogens with one attached hydrogen (secondary N) is 1. The van der Waals surface area contributed by atoms with Crippen molar-refractivity contribution >= 4 is 33.7 Å². The van der Waals surface area contributed by atoms with E-state index in [1.165, 1.54) is 11.5 Å². The Morgan fingerprint density at radius 3 is 3.13 bits per heavy atom. The molecule has 0 atom stereocenters. The average molecular weight is 217 g/mol. The van der Waals surface area contributed by atoms with Crippen molar-refractivity contribution in [1.82, 2.24) is 4.37 Å². The maximum absolute atomic E-state index is 4.28. The van der Waals surface area contributed by atoms with E-state index < -0.39 is 0 Å². The maximum Gasteiger partial charge on any atom is 0.167 e. The Labute approximate surface area is 92.3 Å². The van der Waals surface area contributed by atoms with Crippen LogP contribution in [-0.2, 0) is 0 Å². The van der Waals surface area contributed by atoms with Gasteiger partial charge in [0.25, 0.3) is 0 Å². The molecule has 0 aliphatic carbocycles. The molecule has 0 saturated carbocycles. The minimum Gasteiger partial charge on any atom is -0.260 e. The highest BCUT2D eigenvalue weighted by molar-refractivity contribution is 7.13. The lowest BCUT2D eigenvalue weighted by molar-refractivity contribution is 1.31. The first-order chi connectivity index (χ1) is 7.27. The van der Waals surface area contributed by atoms with Crippen LogP contribution in [0.2, 0.25) is 0 Å². The van der Waals surface area contributed by atoms with E-state index in [1.54, 1.807) is 6.21 Å². The van der Waals surface area contributed by atoms with Crippen molar-refractivity contribution in [3.63, 3.8) is 0 Å². The fourth-order valence-electron chi connectivity index (χ4n) is 1.17. The van der Waals surface area contributed by atoms with Crippen molar-refractivity contribution in [2.45, 2.75) is 6.92 Å². The van der Waals surface area contributed by atoms with Gasteiger partial charge in [-0.25, -0.2) is 0 Å². The number of aromatic nitrogens is 1. The maximum atomic E-state index is 4.28. The lowest BCUT2D eigenvalue weighted by Crippen LogP contribution is -1.89. The Balaban J connectivity index is 2.25. The minimum absolute atomic E-state index is 0.799. The number of nitrogens with zero attached hydrogens (tertiary/aromatic N) is 2. The van der Waals surface area contributed by atoms with Crippen LogP contribution in [0.4, 0.5) is 5.82 Å². The summed E-state index contributed by atoms with van der Waals surface area (Å²) >= 11 is 1.46. The summed E-state index contributed by atoms with van der Waals surface area (Å²) in [4.78, 5) is 0. The molecule has 0 amide bonds. The molecule has 15 heavy (non-hydrogen) atoms. The summed E-state index contributed by atoms with van der Waals surface area (Å²) in [7, 11) is 0. The molecule has 3 nitrogen and oxygen atoms in total. The monoisotopic (exact) mass is 217 g/mol. The fourth-order valence-corrected chi connectivity index (χ4v) is 1.90. The van der Waals surface area contributed by atoms with Crippen molar-refractivity contribution in [3.8, 4) is 0 Å². The van der Waals surface area contributed by atoms with Gasteiger partial charge >= 0.3 is 0 Å². The van der Waals surface area contributed by atoms with Gasteiger partial charge in [0, 0.05) is 11.6 Å². The molecule has 1 aromatic carbocycles. The molecule has 0 fully saturated rings. The topological polar surface area (TPSA) is 37.3 Å². The second-order valence-electron chi connectivity index (χ2n) is 3.24. The number of hydrogen-bond donors (Lipinski definition) is 1. The van der Waals surface area contributed by atoms with Crippen molar-refractivity contribution < 1.29 is 0 Å². The molecule has 4 heteroatoms. The van der Waals surface area contributed by atoms with E-state index in [0.29, 0.717) is 0 Å². The molecule has 1 aromatic heterocycles. The molecule has 2 rings (SSSR count). The van der Waals surface area contributed by atoms with Crippen LogP contribution in [0.1, 0.15) is 6.92 Å². The standard InChI is InChI=1S/C11H11N3S/c1-8(2)7-12-13-11-9-5-3-4-6-10(9)15-14-11/h3-7H,1H2,2H3,(H,13,14). The Morgan fingerprint density at radius 1 is 1.53 bits per heavy atom. The lowest BCUT2D eigenvalue weighted by atomic mass is 10.3. The van der Waals surface area contributed by atoms with Crippen molar-refractivity contribution in [3.05, 3.63) is 36.4 Å². The van der Waals surface area contributed by atoms with E-state index in [-0.39, 0.29) is 0 Å². The molecule has 0 saturated heterocycles. The number of fused-ring (bicyclic) bond motifs is 1. The van der Waals surface area contributed by atoms with Crippen molar-refractivity contribution in [2.24, 2.45) is 5.10 Å². The van der Waals surface area contributed by atoms with Gasteiger partial charge in [0.1, 0.15) is 0 Å². The Hall–Kier alpha value is -1.68. The lowest BCUT2D eigenvalue weighted by Gasteiger charge is -1.94. The third-order valence-electron chi connectivity index (χ3n) is 1.83. The zero-order chi connectivity index (χ0) is 10.7. The first kappa shape index (κ1) is 9.86. The molecule has 76 valence electrons. The molecule has 2 aromatic rings. The van der Waals surface area contributed by atoms with Crippen molar-refractivity contribution in [2.75, 3.05) is 5.43 Å². The van der Waals surface area contributed by atoms with E-state index in [2.05, 4.69) is 21.5 Å². The molecular formula is C11H11N3S. The van der Waals surface area contributed by atoms with Gasteiger partial charge in [0.15, 0.2) is 5.82 Å². The van der Waals surface area contributed by atoms with Crippen LogP contribution in [0.3, 0.4) is 0 Å². The predicted octanol–water partition coefficient (Wildman–Crippen LogP) is 3.27. The first-order valence-corrected chi connectivity index (χ1v) is 5.34. The van der Waals surface area contributed by atoms with Gasteiger partial charge < -0.3 is 0 Å². The molecule has 0 unspecified atom stereocenters. The summed E-state index contributed by atoms with van der Waals surface area (Å²) in [5, 5.41) is 5.13. The average Bonchev–Trinajstić information content (AvgIpc) is 2.62. The SMILES string of the molecule is C=C(C)C=NNc1nsc2ccccc12. The van der Waals surface area contributed by atoms with Gasteiger partial charge in [-0.1, -0.05) is 18.7 Å². The van der Waals surface area contributed by atoms with E-state index in [1.807, 2.05) is 31.2 Å². The smallest absolute Gasteiger partial charge is 0.167 e. The van der Waals surface area contributed by atoms with Crippen LogP contribution >= 0.6 is 11.5 Å². The molecule has 0 aliphatic rings. The zero-order valence-electron chi connectivity index (χ0n) is 8.40. The fraction of sp³-hybridized carbons (Fsp3) is 0.0909. The first-order valence-electron chi connectivity index (χ1n) is 4.56. The molecule has 1 N–H and O–H groups in total. The summed E-state index contributed by atoms with van der Waals surface area (Å²) in [5.41, 5.74) is 3.81. The molecule has 0 aliphatic heterocycles. The number of rotatable bonds is 3. The van der Waals surface area contributed by atoms with Gasteiger partial charge in [-0.05, 0) is 36.2 Å². The van der Waals surface area contributed by atoms with Gasteiger partial charge in [-0.2, -0.15) is 9.47 Å². The zero-order valence-corrected chi connectivity index (χ0v) is 9.21. The van der Waals surface area contributed by atoms with E-state index in [9.17, 15) is 0 Å². The van der Waals surface area contributed by atoms with Crippen LogP contribution in [-0.4, -0.2) is 10.6 Å². The third-order valence-corrected chi connectivity index (χ3v) is 2.66. The summed E-state index contributed by atoms with van der Waals surface area (Å²) in [6.45, 7) is 5.62. The summed E-state index contributed by atoms with van der Waals surface area (Å²) in [6, 6.07) is 8.06. The molecule has 0 bridgehead atoms. The number of hydrogen-bond acceptors (Lipinski definition) is 4. The van der Waals surface area contributed by atoms with Gasteiger partial charge in [0.2, 0.25) is 0 Å². The molecule has 0 spiro atoms. The number of anilines is 1. The number of hydrazone groups is 1. The van der Waals surface area contributed by atoms with E-state index in [4.69, 9.17) is 0 Å². The predicted molar refractivity (Wildman–Crippen MR) is 66.5 cm³/mol. The normalized spacial score (nSPS) is 11.0. The molecule has 0 radical (unpaired) electrons. The highest BCUT2D eigenvalue weighted by Gasteiger charge is 2.02. The Bertz CT molecular complexity index is 513. The number of benzene rings is 1. The van der Waals surface area contributed by atoms with E-state index in [0.717, 1.165) is 21.5 Å². The largest absolute Gasteiger partial charge is 0.260 e. The van der Waals surface area contributed by atoms with Crippen LogP contribution in [0.15, 0.2) is 41.5 Å². The minimum atomic E-state index is 0.799. The quantitative estimate of drug-likeness (QED) is 0.633. The van der Waals surface area contributed by atoms with Gasteiger partial charge in [-0.3, -0.25) is 5.43 Å². The second-order valence-corrected chi connectivity index (χ2v) is 4.05. The van der Waals surface area contributed by atoms with Crippen LogP contribution in [0.25, 0.3) is 10.1 Å². The Morgan fingerprint density at radius 2 is 2.33 bits per heavy atom. The molecular weight excluding hydrogens is 206 g/mol. The van der Waals surface area contributed by atoms with Crippen LogP contribution in [0, 0.1) is 0 Å². The van der Waals surface area contributed by atoms with Crippen LogP contribution < -0.4 is 5.43 Å². The van der Waals surface area contributed by atoms with Gasteiger partial charge in [0.05, 0.1) is 4.70 Å². The third kappa shape index (κ3) is 2.22. The molecule has 1 heterocycles. The highest BCUT2D eigenvalue weighted by atomic mass is 32.1. The summed E-state index contributed by atoms with van der Waals surface area (Å²) < 4.78 is 5.44. The number of allylic oxidation sites excluding steroid dienone is 1. The highest BCUT2D eigenvalue weighted by Crippen LogP contribution is 2.25. The Kier molecular flexibility index (Phi) is 2.78. The summed E-state index contributed by atoms with van der Waals surface area (Å²) in [6.07, 6.45) is 1.67. The van der Waals surface area contributed by atoms with Crippen LogP contribution in [0.5, 0.6) is 0 Å².